The topological polar surface area (TPSA) is 79.0 Å². The molecule has 0 amide bonds. The average molecular weight is 226 g/mol. The zero-order chi connectivity index (χ0) is 12.0. The summed E-state index contributed by atoms with van der Waals surface area (Å²) in [6.07, 6.45) is 0. The van der Waals surface area contributed by atoms with Crippen LogP contribution in [0.3, 0.4) is 0 Å². The summed E-state index contributed by atoms with van der Waals surface area (Å²) >= 11 is 0. The number of benzene rings is 1. The molecule has 0 aromatic heterocycles. The molecule has 0 bridgehead atoms. The Kier molecular flexibility index (Phi) is 4.88. The molecule has 0 unspecified atom stereocenters. The first kappa shape index (κ1) is 12.6. The van der Waals surface area contributed by atoms with Gasteiger partial charge in [-0.1, -0.05) is 6.07 Å². The minimum Gasteiger partial charge on any atom is -0.495 e. The summed E-state index contributed by atoms with van der Waals surface area (Å²) in [6.45, 7) is 0.878. The van der Waals surface area contributed by atoms with Crippen LogP contribution in [0, 0.1) is 0 Å². The molecule has 5 heteroatoms. The van der Waals surface area contributed by atoms with Gasteiger partial charge in [0, 0.05) is 13.1 Å². The van der Waals surface area contributed by atoms with Crippen molar-refractivity contribution in [3.05, 3.63) is 18.2 Å². The van der Waals surface area contributed by atoms with Crippen LogP contribution >= 0.6 is 0 Å². The molecule has 90 valence electrons. The first-order chi connectivity index (χ1) is 7.74. The largest absolute Gasteiger partial charge is 0.495 e. The van der Waals surface area contributed by atoms with E-state index < -0.39 is 0 Å². The third-order valence-electron chi connectivity index (χ3n) is 2.34. The number of para-hydroxylation sites is 1. The summed E-state index contributed by atoms with van der Waals surface area (Å²) < 4.78 is 5.12. The number of hydrogen-bond acceptors (Lipinski definition) is 5. The van der Waals surface area contributed by atoms with Crippen molar-refractivity contribution in [1.29, 1.82) is 0 Å². The molecule has 0 saturated carbocycles. The van der Waals surface area contributed by atoms with E-state index in [4.69, 9.17) is 20.7 Å². The maximum Gasteiger partial charge on any atom is 0.143 e. The molecule has 0 atom stereocenters. The number of aliphatic hydroxyl groups excluding tert-OH is 2. The highest BCUT2D eigenvalue weighted by atomic mass is 16.5. The van der Waals surface area contributed by atoms with Gasteiger partial charge < -0.3 is 25.6 Å². The molecule has 0 aliphatic rings. The lowest BCUT2D eigenvalue weighted by Crippen LogP contribution is -2.30. The van der Waals surface area contributed by atoms with Gasteiger partial charge in [-0.25, -0.2) is 0 Å². The minimum atomic E-state index is 0.0106. The SMILES string of the molecule is COc1cccc(N(CCO)CCO)c1N. The summed E-state index contributed by atoms with van der Waals surface area (Å²) in [5, 5.41) is 17.9. The van der Waals surface area contributed by atoms with Gasteiger partial charge in [0.15, 0.2) is 0 Å². The molecule has 0 radical (unpaired) electrons. The number of ether oxygens (including phenoxy) is 1. The highest BCUT2D eigenvalue weighted by Gasteiger charge is 2.11. The third kappa shape index (κ3) is 2.77. The molecule has 5 nitrogen and oxygen atoms in total. The molecule has 1 aromatic carbocycles. The van der Waals surface area contributed by atoms with E-state index in [1.807, 2.05) is 17.0 Å². The van der Waals surface area contributed by atoms with Crippen LogP contribution in [0.1, 0.15) is 0 Å². The fourth-order valence-electron chi connectivity index (χ4n) is 1.58. The van der Waals surface area contributed by atoms with E-state index in [0.29, 0.717) is 24.5 Å². The van der Waals surface area contributed by atoms with Crippen molar-refractivity contribution in [2.45, 2.75) is 0 Å². The maximum atomic E-state index is 8.95. The second kappa shape index (κ2) is 6.19. The van der Waals surface area contributed by atoms with Gasteiger partial charge in [-0.05, 0) is 12.1 Å². The first-order valence-corrected chi connectivity index (χ1v) is 5.13. The Labute approximate surface area is 95.1 Å². The Morgan fingerprint density at radius 3 is 2.38 bits per heavy atom. The van der Waals surface area contributed by atoms with Crippen LogP contribution in [0.2, 0.25) is 0 Å². The average Bonchev–Trinajstić information content (AvgIpc) is 2.29. The molecular weight excluding hydrogens is 208 g/mol. The summed E-state index contributed by atoms with van der Waals surface area (Å²) in [5.74, 6) is 0.596. The fraction of sp³-hybridized carbons (Fsp3) is 0.455. The van der Waals surface area contributed by atoms with Gasteiger partial charge in [-0.2, -0.15) is 0 Å². The Morgan fingerprint density at radius 2 is 1.88 bits per heavy atom. The van der Waals surface area contributed by atoms with Crippen LogP contribution in [-0.2, 0) is 0 Å². The van der Waals surface area contributed by atoms with E-state index in [1.54, 1.807) is 13.2 Å². The van der Waals surface area contributed by atoms with Crippen molar-refractivity contribution in [3.63, 3.8) is 0 Å². The van der Waals surface area contributed by atoms with E-state index in [9.17, 15) is 0 Å². The monoisotopic (exact) mass is 226 g/mol. The number of rotatable bonds is 6. The molecule has 1 aromatic rings. The van der Waals surface area contributed by atoms with Gasteiger partial charge in [0.2, 0.25) is 0 Å². The van der Waals surface area contributed by atoms with Crippen LogP contribution in [-0.4, -0.2) is 43.6 Å². The highest BCUT2D eigenvalue weighted by Crippen LogP contribution is 2.31. The fourth-order valence-corrected chi connectivity index (χ4v) is 1.58. The van der Waals surface area contributed by atoms with Gasteiger partial charge in [0.05, 0.1) is 31.7 Å². The lowest BCUT2D eigenvalue weighted by Gasteiger charge is -2.25. The van der Waals surface area contributed by atoms with Crippen LogP contribution in [0.25, 0.3) is 0 Å². The summed E-state index contributed by atoms with van der Waals surface area (Å²) in [6, 6.07) is 5.43. The Hall–Kier alpha value is -1.46. The van der Waals surface area contributed by atoms with Crippen LogP contribution in [0.5, 0.6) is 5.75 Å². The zero-order valence-corrected chi connectivity index (χ0v) is 9.39. The Bertz CT molecular complexity index is 325. The molecular formula is C11H18N2O3. The summed E-state index contributed by atoms with van der Waals surface area (Å²) in [4.78, 5) is 1.82. The number of aliphatic hydroxyl groups is 2. The molecule has 0 aliphatic carbocycles. The van der Waals surface area contributed by atoms with Crippen molar-refractivity contribution in [1.82, 2.24) is 0 Å². The predicted octanol–water partition coefficient (Wildman–Crippen LogP) is 0.0684. The normalized spacial score (nSPS) is 10.2. The van der Waals surface area contributed by atoms with Crippen molar-refractivity contribution in [3.8, 4) is 5.75 Å². The number of nitrogens with zero attached hydrogens (tertiary/aromatic N) is 1. The molecule has 1 rings (SSSR count). The van der Waals surface area contributed by atoms with Gasteiger partial charge in [-0.3, -0.25) is 0 Å². The second-order valence-electron chi connectivity index (χ2n) is 3.33. The first-order valence-electron chi connectivity index (χ1n) is 5.13. The molecule has 4 N–H and O–H groups in total. The molecule has 0 aliphatic heterocycles. The number of nitrogen functional groups attached to an aromatic ring is 1. The summed E-state index contributed by atoms with van der Waals surface area (Å²) in [5.41, 5.74) is 7.21. The molecule has 0 spiro atoms. The third-order valence-corrected chi connectivity index (χ3v) is 2.34. The molecule has 0 fully saturated rings. The number of methoxy groups -OCH3 is 1. The Balaban J connectivity index is 2.98. The van der Waals surface area contributed by atoms with Crippen molar-refractivity contribution in [2.24, 2.45) is 0 Å². The van der Waals surface area contributed by atoms with E-state index in [-0.39, 0.29) is 13.2 Å². The highest BCUT2D eigenvalue weighted by molar-refractivity contribution is 5.74. The predicted molar refractivity (Wildman–Crippen MR) is 63.8 cm³/mol. The van der Waals surface area contributed by atoms with E-state index >= 15 is 0 Å². The van der Waals surface area contributed by atoms with Crippen LogP contribution in [0.4, 0.5) is 11.4 Å². The standard InChI is InChI=1S/C11H18N2O3/c1-16-10-4-2-3-9(11(10)12)13(5-7-14)6-8-15/h2-4,14-15H,5-8,12H2,1H3. The van der Waals surface area contributed by atoms with Crippen LogP contribution in [0.15, 0.2) is 18.2 Å². The van der Waals surface area contributed by atoms with Crippen molar-refractivity contribution in [2.75, 3.05) is 44.0 Å². The quantitative estimate of drug-likeness (QED) is 0.598. The van der Waals surface area contributed by atoms with E-state index in [0.717, 1.165) is 5.69 Å². The Morgan fingerprint density at radius 1 is 1.25 bits per heavy atom. The van der Waals surface area contributed by atoms with Gasteiger partial charge in [0.1, 0.15) is 5.75 Å². The summed E-state index contributed by atoms with van der Waals surface area (Å²) in [7, 11) is 1.55. The maximum absolute atomic E-state index is 8.95. The molecule has 0 saturated heterocycles. The lowest BCUT2D eigenvalue weighted by molar-refractivity contribution is 0.281. The number of nitrogens with two attached hydrogens (primary N) is 1. The minimum absolute atomic E-state index is 0.0106. The number of hydrogen-bond donors (Lipinski definition) is 3. The van der Waals surface area contributed by atoms with E-state index in [1.165, 1.54) is 0 Å². The van der Waals surface area contributed by atoms with Crippen LogP contribution < -0.4 is 15.4 Å². The van der Waals surface area contributed by atoms with Gasteiger partial charge in [0.25, 0.3) is 0 Å². The van der Waals surface area contributed by atoms with Gasteiger partial charge in [-0.15, -0.1) is 0 Å². The smallest absolute Gasteiger partial charge is 0.143 e. The molecule has 0 heterocycles. The lowest BCUT2D eigenvalue weighted by atomic mass is 10.2. The van der Waals surface area contributed by atoms with E-state index in [2.05, 4.69) is 0 Å². The molecule has 16 heavy (non-hydrogen) atoms. The van der Waals surface area contributed by atoms with Crippen molar-refractivity contribution < 1.29 is 14.9 Å². The van der Waals surface area contributed by atoms with Crippen molar-refractivity contribution >= 4 is 11.4 Å². The van der Waals surface area contributed by atoms with Gasteiger partial charge >= 0.3 is 0 Å². The zero-order valence-electron chi connectivity index (χ0n) is 9.39. The second-order valence-corrected chi connectivity index (χ2v) is 3.33. The number of anilines is 2.